The Morgan fingerprint density at radius 2 is 1.84 bits per heavy atom. The van der Waals surface area contributed by atoms with Crippen LogP contribution in [0.3, 0.4) is 0 Å². The van der Waals surface area contributed by atoms with Crippen LogP contribution in [0.2, 0.25) is 0 Å². The van der Waals surface area contributed by atoms with Crippen molar-refractivity contribution in [1.82, 2.24) is 15.3 Å². The van der Waals surface area contributed by atoms with Gasteiger partial charge in [0.2, 0.25) is 5.91 Å². The molecule has 0 unspecified atom stereocenters. The van der Waals surface area contributed by atoms with Crippen LogP contribution in [0.15, 0.2) is 59.4 Å². The number of hydrogen-bond donors (Lipinski definition) is 2. The number of para-hydroxylation sites is 2. The van der Waals surface area contributed by atoms with E-state index in [4.69, 9.17) is 4.74 Å². The lowest BCUT2D eigenvalue weighted by molar-refractivity contribution is -0.121. The Bertz CT molecular complexity index is 906. The summed E-state index contributed by atoms with van der Waals surface area (Å²) in [6.45, 7) is 0.729. The zero-order chi connectivity index (χ0) is 17.5. The standard InChI is InChI=1S/C19H19N3O3/c23-18(11-13-25-14-6-2-1-3-7-14)20-12-10-17-21-16-9-5-4-8-15(16)19(24)22-17/h1-9H,10-13H2,(H,20,23)(H,21,22,24). The maximum absolute atomic E-state index is 12.0. The van der Waals surface area contributed by atoms with Crippen LogP contribution in [0.1, 0.15) is 12.2 Å². The van der Waals surface area contributed by atoms with Crippen molar-refractivity contribution in [3.8, 4) is 5.75 Å². The predicted octanol–water partition coefficient (Wildman–Crippen LogP) is 2.05. The minimum Gasteiger partial charge on any atom is -0.493 e. The van der Waals surface area contributed by atoms with Gasteiger partial charge in [-0.1, -0.05) is 30.3 Å². The van der Waals surface area contributed by atoms with Crippen molar-refractivity contribution in [3.05, 3.63) is 70.8 Å². The third-order valence-corrected chi connectivity index (χ3v) is 3.69. The van der Waals surface area contributed by atoms with Crippen molar-refractivity contribution in [3.63, 3.8) is 0 Å². The van der Waals surface area contributed by atoms with E-state index in [0.29, 0.717) is 36.3 Å². The number of aromatic nitrogens is 2. The minimum atomic E-state index is -0.164. The zero-order valence-electron chi connectivity index (χ0n) is 13.7. The Kier molecular flexibility index (Phi) is 5.41. The third kappa shape index (κ3) is 4.67. The number of hydrogen-bond acceptors (Lipinski definition) is 4. The van der Waals surface area contributed by atoms with E-state index < -0.39 is 0 Å². The van der Waals surface area contributed by atoms with Crippen molar-refractivity contribution in [2.45, 2.75) is 12.8 Å². The molecule has 0 aliphatic rings. The second-order valence-corrected chi connectivity index (χ2v) is 5.54. The van der Waals surface area contributed by atoms with E-state index in [2.05, 4.69) is 15.3 Å². The number of benzene rings is 2. The quantitative estimate of drug-likeness (QED) is 0.691. The molecular formula is C19H19N3O3. The number of amides is 1. The summed E-state index contributed by atoms with van der Waals surface area (Å²) in [5.74, 6) is 1.21. The van der Waals surface area contributed by atoms with Crippen LogP contribution in [-0.4, -0.2) is 29.0 Å². The second kappa shape index (κ2) is 8.10. The maximum Gasteiger partial charge on any atom is 0.258 e. The highest BCUT2D eigenvalue weighted by Gasteiger charge is 2.05. The minimum absolute atomic E-state index is 0.0981. The molecule has 0 radical (unpaired) electrons. The van der Waals surface area contributed by atoms with E-state index in [9.17, 15) is 9.59 Å². The van der Waals surface area contributed by atoms with Gasteiger partial charge >= 0.3 is 0 Å². The van der Waals surface area contributed by atoms with Gasteiger partial charge < -0.3 is 15.0 Å². The fourth-order valence-corrected chi connectivity index (χ4v) is 2.44. The highest BCUT2D eigenvalue weighted by atomic mass is 16.5. The van der Waals surface area contributed by atoms with Crippen molar-refractivity contribution < 1.29 is 9.53 Å². The summed E-state index contributed by atoms with van der Waals surface area (Å²) in [5, 5.41) is 3.37. The van der Waals surface area contributed by atoms with Crippen LogP contribution in [-0.2, 0) is 11.2 Å². The molecule has 128 valence electrons. The van der Waals surface area contributed by atoms with E-state index in [0.717, 1.165) is 5.75 Å². The Labute approximate surface area is 144 Å². The summed E-state index contributed by atoms with van der Waals surface area (Å²) in [4.78, 5) is 30.9. The lowest BCUT2D eigenvalue weighted by Gasteiger charge is -2.07. The van der Waals surface area contributed by atoms with Gasteiger partial charge in [-0.15, -0.1) is 0 Å². The first-order chi connectivity index (χ1) is 12.2. The number of carbonyl (C=O) groups is 1. The first kappa shape index (κ1) is 16.7. The lowest BCUT2D eigenvalue weighted by Crippen LogP contribution is -2.28. The number of carbonyl (C=O) groups excluding carboxylic acids is 1. The van der Waals surface area contributed by atoms with Gasteiger partial charge in [-0.25, -0.2) is 4.98 Å². The first-order valence-electron chi connectivity index (χ1n) is 8.15. The van der Waals surface area contributed by atoms with E-state index in [1.807, 2.05) is 36.4 Å². The zero-order valence-corrected chi connectivity index (χ0v) is 13.7. The number of nitrogens with zero attached hydrogens (tertiary/aromatic N) is 1. The molecule has 3 rings (SSSR count). The largest absolute Gasteiger partial charge is 0.493 e. The van der Waals surface area contributed by atoms with Crippen molar-refractivity contribution >= 4 is 16.8 Å². The average molecular weight is 337 g/mol. The van der Waals surface area contributed by atoms with Crippen LogP contribution in [0, 0.1) is 0 Å². The van der Waals surface area contributed by atoms with Crippen LogP contribution < -0.4 is 15.6 Å². The Morgan fingerprint density at radius 1 is 1.08 bits per heavy atom. The summed E-state index contributed by atoms with van der Waals surface area (Å²) in [5.41, 5.74) is 0.493. The molecule has 2 N–H and O–H groups in total. The van der Waals surface area contributed by atoms with Crippen LogP contribution in [0.5, 0.6) is 5.75 Å². The number of rotatable bonds is 7. The summed E-state index contributed by atoms with van der Waals surface area (Å²) in [6, 6.07) is 16.5. The van der Waals surface area contributed by atoms with E-state index in [1.54, 1.807) is 18.2 Å². The van der Waals surface area contributed by atoms with Gasteiger partial charge in [0.05, 0.1) is 23.9 Å². The molecule has 1 aromatic heterocycles. The SMILES string of the molecule is O=C(CCOc1ccccc1)NCCc1nc2ccccc2c(=O)[nH]1. The highest BCUT2D eigenvalue weighted by Crippen LogP contribution is 2.08. The number of nitrogens with one attached hydrogen (secondary N) is 2. The molecule has 0 saturated heterocycles. The predicted molar refractivity (Wildman–Crippen MR) is 95.6 cm³/mol. The van der Waals surface area contributed by atoms with Gasteiger partial charge in [0, 0.05) is 13.0 Å². The van der Waals surface area contributed by atoms with Gasteiger partial charge in [-0.2, -0.15) is 0 Å². The molecule has 25 heavy (non-hydrogen) atoms. The molecule has 0 aliphatic carbocycles. The molecule has 3 aromatic rings. The number of H-pyrrole nitrogens is 1. The molecule has 0 fully saturated rings. The van der Waals surface area contributed by atoms with Crippen molar-refractivity contribution in [1.29, 1.82) is 0 Å². The topological polar surface area (TPSA) is 84.1 Å². The smallest absolute Gasteiger partial charge is 0.258 e. The Morgan fingerprint density at radius 3 is 2.68 bits per heavy atom. The average Bonchev–Trinajstić information content (AvgIpc) is 2.63. The molecule has 0 atom stereocenters. The van der Waals surface area contributed by atoms with Gasteiger partial charge in [0.1, 0.15) is 11.6 Å². The van der Waals surface area contributed by atoms with Gasteiger partial charge in [0.25, 0.3) is 5.56 Å². The van der Waals surface area contributed by atoms with Crippen LogP contribution in [0.4, 0.5) is 0 Å². The maximum atomic E-state index is 12.0. The summed E-state index contributed by atoms with van der Waals surface area (Å²) < 4.78 is 5.48. The third-order valence-electron chi connectivity index (χ3n) is 3.69. The highest BCUT2D eigenvalue weighted by molar-refractivity contribution is 5.77. The summed E-state index contributed by atoms with van der Waals surface area (Å²) in [6.07, 6.45) is 0.738. The molecule has 6 heteroatoms. The normalized spacial score (nSPS) is 10.6. The van der Waals surface area contributed by atoms with Crippen molar-refractivity contribution in [2.24, 2.45) is 0 Å². The first-order valence-corrected chi connectivity index (χ1v) is 8.15. The van der Waals surface area contributed by atoms with Gasteiger partial charge in [0.15, 0.2) is 0 Å². The molecular weight excluding hydrogens is 318 g/mol. The van der Waals surface area contributed by atoms with E-state index in [-0.39, 0.29) is 17.9 Å². The number of fused-ring (bicyclic) bond motifs is 1. The van der Waals surface area contributed by atoms with E-state index >= 15 is 0 Å². The van der Waals surface area contributed by atoms with Gasteiger partial charge in [-0.05, 0) is 24.3 Å². The van der Waals surface area contributed by atoms with Crippen molar-refractivity contribution in [2.75, 3.05) is 13.2 Å². The number of ether oxygens (including phenoxy) is 1. The van der Waals surface area contributed by atoms with E-state index in [1.165, 1.54) is 0 Å². The fourth-order valence-electron chi connectivity index (χ4n) is 2.44. The molecule has 0 aliphatic heterocycles. The fraction of sp³-hybridized carbons (Fsp3) is 0.211. The number of aromatic amines is 1. The van der Waals surface area contributed by atoms with Crippen LogP contribution >= 0.6 is 0 Å². The monoisotopic (exact) mass is 337 g/mol. The Hall–Kier alpha value is -3.15. The molecule has 0 bridgehead atoms. The second-order valence-electron chi connectivity index (χ2n) is 5.54. The van der Waals surface area contributed by atoms with Crippen LogP contribution in [0.25, 0.3) is 10.9 Å². The molecule has 6 nitrogen and oxygen atoms in total. The summed E-state index contributed by atoms with van der Waals surface area (Å²) >= 11 is 0. The molecule has 1 heterocycles. The molecule has 1 amide bonds. The molecule has 0 spiro atoms. The molecule has 0 saturated carbocycles. The lowest BCUT2D eigenvalue weighted by atomic mass is 10.2. The Balaban J connectivity index is 1.45. The molecule has 2 aromatic carbocycles. The summed E-state index contributed by atoms with van der Waals surface area (Å²) in [7, 11) is 0. The van der Waals surface area contributed by atoms with Gasteiger partial charge in [-0.3, -0.25) is 9.59 Å².